The fourth-order valence-electron chi connectivity index (χ4n) is 2.77. The molecule has 1 N–H and O–H groups in total. The highest BCUT2D eigenvalue weighted by molar-refractivity contribution is 8.18. The van der Waals surface area contributed by atoms with E-state index in [1.165, 1.54) is 0 Å². The highest BCUT2D eigenvalue weighted by atomic mass is 32.2. The first-order valence-electron chi connectivity index (χ1n) is 8.64. The number of amides is 3. The Balaban J connectivity index is 1.69. The van der Waals surface area contributed by atoms with Crippen molar-refractivity contribution in [1.82, 2.24) is 4.90 Å². The Labute approximate surface area is 167 Å². The summed E-state index contributed by atoms with van der Waals surface area (Å²) in [5, 5.41) is 2.30. The summed E-state index contributed by atoms with van der Waals surface area (Å²) in [6, 6.07) is 12.8. The minimum atomic E-state index is -0.471. The van der Waals surface area contributed by atoms with Gasteiger partial charge in [-0.25, -0.2) is 0 Å². The van der Waals surface area contributed by atoms with Crippen molar-refractivity contribution in [1.29, 1.82) is 0 Å². The van der Waals surface area contributed by atoms with E-state index in [-0.39, 0.29) is 11.4 Å². The SMILES string of the molecule is COc1ccc(/C=C2\SC(=O)N(CC(=O)Nc3ccc(C)cc3C)C2=O)cc1. The second kappa shape index (κ2) is 8.31. The van der Waals surface area contributed by atoms with E-state index in [2.05, 4.69) is 5.32 Å². The molecule has 0 atom stereocenters. The lowest BCUT2D eigenvalue weighted by Gasteiger charge is -2.14. The molecule has 144 valence electrons. The summed E-state index contributed by atoms with van der Waals surface area (Å²) in [5.41, 5.74) is 3.44. The minimum Gasteiger partial charge on any atom is -0.497 e. The normalized spacial score (nSPS) is 15.2. The molecule has 28 heavy (non-hydrogen) atoms. The van der Waals surface area contributed by atoms with Gasteiger partial charge in [-0.05, 0) is 61.0 Å². The number of hydrogen-bond acceptors (Lipinski definition) is 5. The standard InChI is InChI=1S/C21H20N2O4S/c1-13-4-9-17(14(2)10-13)22-19(24)12-23-20(25)18(28-21(23)26)11-15-5-7-16(27-3)8-6-15/h4-11H,12H2,1-3H3,(H,22,24)/b18-11-. The van der Waals surface area contributed by atoms with E-state index in [1.807, 2.05) is 26.0 Å². The van der Waals surface area contributed by atoms with Gasteiger partial charge in [0, 0.05) is 5.69 Å². The number of rotatable bonds is 5. The van der Waals surface area contributed by atoms with Crippen LogP contribution in [0.3, 0.4) is 0 Å². The van der Waals surface area contributed by atoms with E-state index >= 15 is 0 Å². The third-order valence-electron chi connectivity index (χ3n) is 4.24. The highest BCUT2D eigenvalue weighted by Gasteiger charge is 2.36. The number of carbonyl (C=O) groups is 3. The van der Waals surface area contributed by atoms with Crippen molar-refractivity contribution in [2.24, 2.45) is 0 Å². The monoisotopic (exact) mass is 396 g/mol. The molecule has 7 heteroatoms. The summed E-state index contributed by atoms with van der Waals surface area (Å²) < 4.78 is 5.10. The maximum atomic E-state index is 12.6. The number of carbonyl (C=O) groups excluding carboxylic acids is 3. The molecule has 1 aliphatic rings. The number of ether oxygens (including phenoxy) is 1. The Morgan fingerprint density at radius 1 is 1.14 bits per heavy atom. The van der Waals surface area contributed by atoms with Crippen molar-refractivity contribution in [3.63, 3.8) is 0 Å². The van der Waals surface area contributed by atoms with Crippen molar-refractivity contribution in [2.75, 3.05) is 19.0 Å². The largest absolute Gasteiger partial charge is 0.497 e. The Hall–Kier alpha value is -3.06. The average Bonchev–Trinajstić information content (AvgIpc) is 2.92. The molecule has 1 fully saturated rings. The minimum absolute atomic E-state index is 0.287. The van der Waals surface area contributed by atoms with Crippen LogP contribution in [0.5, 0.6) is 5.75 Å². The van der Waals surface area contributed by atoms with E-state index < -0.39 is 17.1 Å². The van der Waals surface area contributed by atoms with Crippen LogP contribution in [0.25, 0.3) is 6.08 Å². The van der Waals surface area contributed by atoms with Gasteiger partial charge in [-0.2, -0.15) is 0 Å². The molecule has 0 aliphatic carbocycles. The third-order valence-corrected chi connectivity index (χ3v) is 5.15. The zero-order valence-corrected chi connectivity index (χ0v) is 16.6. The van der Waals surface area contributed by atoms with E-state index in [0.717, 1.165) is 33.4 Å². The maximum Gasteiger partial charge on any atom is 0.294 e. The van der Waals surface area contributed by atoms with E-state index in [9.17, 15) is 14.4 Å². The number of hydrogen-bond donors (Lipinski definition) is 1. The maximum absolute atomic E-state index is 12.6. The van der Waals surface area contributed by atoms with E-state index in [1.54, 1.807) is 43.5 Å². The summed E-state index contributed by atoms with van der Waals surface area (Å²) in [7, 11) is 1.57. The Morgan fingerprint density at radius 2 is 1.86 bits per heavy atom. The zero-order chi connectivity index (χ0) is 20.3. The number of aryl methyl sites for hydroxylation is 2. The van der Waals surface area contributed by atoms with E-state index in [0.29, 0.717) is 11.4 Å². The van der Waals surface area contributed by atoms with Gasteiger partial charge in [0.2, 0.25) is 5.91 Å². The molecule has 3 amide bonds. The van der Waals surface area contributed by atoms with Crippen LogP contribution in [0, 0.1) is 13.8 Å². The number of nitrogens with one attached hydrogen (secondary N) is 1. The second-order valence-corrected chi connectivity index (χ2v) is 7.40. The lowest BCUT2D eigenvalue weighted by Crippen LogP contribution is -2.36. The first kappa shape index (κ1) is 19.7. The molecule has 0 unspecified atom stereocenters. The molecule has 0 radical (unpaired) electrons. The van der Waals surface area contributed by atoms with Gasteiger partial charge >= 0.3 is 0 Å². The molecule has 2 aromatic rings. The molecular formula is C21H20N2O4S. The fourth-order valence-corrected chi connectivity index (χ4v) is 3.61. The fraction of sp³-hybridized carbons (Fsp3) is 0.190. The topological polar surface area (TPSA) is 75.7 Å². The molecule has 6 nitrogen and oxygen atoms in total. The number of thioether (sulfide) groups is 1. The predicted octanol–water partition coefficient (Wildman–Crippen LogP) is 3.99. The number of benzene rings is 2. The average molecular weight is 396 g/mol. The Morgan fingerprint density at radius 3 is 2.50 bits per heavy atom. The van der Waals surface area contributed by atoms with Crippen LogP contribution < -0.4 is 10.1 Å². The van der Waals surface area contributed by atoms with Crippen molar-refractivity contribution in [3.8, 4) is 5.75 Å². The molecule has 2 aromatic carbocycles. The van der Waals surface area contributed by atoms with Crippen LogP contribution in [0.15, 0.2) is 47.4 Å². The van der Waals surface area contributed by atoms with Crippen LogP contribution in [0.1, 0.15) is 16.7 Å². The van der Waals surface area contributed by atoms with Crippen LogP contribution in [-0.2, 0) is 9.59 Å². The summed E-state index contributed by atoms with van der Waals surface area (Å²) in [6.45, 7) is 3.53. The summed E-state index contributed by atoms with van der Waals surface area (Å²) >= 11 is 0.827. The summed E-state index contributed by atoms with van der Waals surface area (Å²) in [5.74, 6) is -0.185. The van der Waals surface area contributed by atoms with Crippen molar-refractivity contribution < 1.29 is 19.1 Å². The quantitative estimate of drug-likeness (QED) is 0.774. The van der Waals surface area contributed by atoms with Gasteiger partial charge in [0.1, 0.15) is 12.3 Å². The molecule has 0 spiro atoms. The highest BCUT2D eigenvalue weighted by Crippen LogP contribution is 2.32. The van der Waals surface area contributed by atoms with Gasteiger partial charge in [0.05, 0.1) is 12.0 Å². The van der Waals surface area contributed by atoms with Crippen molar-refractivity contribution in [3.05, 3.63) is 64.1 Å². The summed E-state index contributed by atoms with van der Waals surface area (Å²) in [6.07, 6.45) is 1.63. The lowest BCUT2D eigenvalue weighted by molar-refractivity contribution is -0.127. The van der Waals surface area contributed by atoms with Gasteiger partial charge in [0.25, 0.3) is 11.1 Å². The van der Waals surface area contributed by atoms with Crippen LogP contribution in [-0.4, -0.2) is 35.6 Å². The van der Waals surface area contributed by atoms with Gasteiger partial charge in [-0.1, -0.05) is 29.8 Å². The van der Waals surface area contributed by atoms with Crippen molar-refractivity contribution in [2.45, 2.75) is 13.8 Å². The molecule has 0 saturated carbocycles. The molecule has 0 aromatic heterocycles. The lowest BCUT2D eigenvalue weighted by atomic mass is 10.1. The molecular weight excluding hydrogens is 376 g/mol. The molecule has 1 heterocycles. The number of imide groups is 1. The first-order valence-corrected chi connectivity index (χ1v) is 9.45. The molecule has 1 aliphatic heterocycles. The van der Waals surface area contributed by atoms with Crippen molar-refractivity contribution >= 4 is 40.6 Å². The number of anilines is 1. The second-order valence-electron chi connectivity index (χ2n) is 6.41. The van der Waals surface area contributed by atoms with Crippen LogP contribution in [0.4, 0.5) is 10.5 Å². The predicted molar refractivity (Wildman–Crippen MR) is 110 cm³/mol. The van der Waals surface area contributed by atoms with Gasteiger partial charge in [-0.15, -0.1) is 0 Å². The van der Waals surface area contributed by atoms with Gasteiger partial charge < -0.3 is 10.1 Å². The third kappa shape index (κ3) is 4.43. The Bertz CT molecular complexity index is 967. The van der Waals surface area contributed by atoms with Gasteiger partial charge in [-0.3, -0.25) is 19.3 Å². The zero-order valence-electron chi connectivity index (χ0n) is 15.8. The molecule has 1 saturated heterocycles. The first-order chi connectivity index (χ1) is 13.4. The number of nitrogens with zero attached hydrogens (tertiary/aromatic N) is 1. The van der Waals surface area contributed by atoms with E-state index in [4.69, 9.17) is 4.74 Å². The molecule has 0 bridgehead atoms. The number of methoxy groups -OCH3 is 1. The molecule has 3 rings (SSSR count). The summed E-state index contributed by atoms with van der Waals surface area (Å²) in [4.78, 5) is 38.3. The smallest absolute Gasteiger partial charge is 0.294 e. The van der Waals surface area contributed by atoms with Crippen LogP contribution >= 0.6 is 11.8 Å². The Kier molecular flexibility index (Phi) is 5.84. The van der Waals surface area contributed by atoms with Gasteiger partial charge in [0.15, 0.2) is 0 Å². The van der Waals surface area contributed by atoms with Crippen LogP contribution in [0.2, 0.25) is 0 Å².